The highest BCUT2D eigenvalue weighted by molar-refractivity contribution is 6.15. The molecule has 3 heterocycles. The molecule has 6 rings (SSSR count). The topological polar surface area (TPSA) is 110 Å². The summed E-state index contributed by atoms with van der Waals surface area (Å²) in [5, 5.41) is 0.390. The van der Waals surface area contributed by atoms with Crippen LogP contribution in [0, 0.1) is 0 Å². The first-order valence-corrected chi connectivity index (χ1v) is 12.1. The third-order valence-electron chi connectivity index (χ3n) is 6.88. The van der Waals surface area contributed by atoms with Crippen LogP contribution in [0.15, 0.2) is 69.8 Å². The Labute approximate surface area is 222 Å². The first-order chi connectivity index (χ1) is 18.9. The molecule has 39 heavy (non-hydrogen) atoms. The highest BCUT2D eigenvalue weighted by Crippen LogP contribution is 2.49. The Balaban J connectivity index is 1.48. The molecule has 0 saturated carbocycles. The number of fused-ring (bicyclic) bond motifs is 4. The summed E-state index contributed by atoms with van der Waals surface area (Å²) in [6.07, 6.45) is 2.79. The summed E-state index contributed by atoms with van der Waals surface area (Å²) in [6.45, 7) is 0. The number of carbonyl (C=O) groups excluding carboxylic acids is 2. The third kappa shape index (κ3) is 3.90. The molecule has 0 saturated heterocycles. The zero-order chi connectivity index (χ0) is 27.3. The van der Waals surface area contributed by atoms with Crippen molar-refractivity contribution in [2.45, 2.75) is 12.3 Å². The molecule has 9 heteroatoms. The van der Waals surface area contributed by atoms with Crippen LogP contribution in [0.5, 0.6) is 28.7 Å². The molecule has 3 aromatic carbocycles. The smallest absolute Gasteiger partial charge is 0.312 e. The molecule has 9 nitrogen and oxygen atoms in total. The number of Topliss-reactive ketones (excluding diaryl/α,β-unsaturated/α-hetero) is 1. The van der Waals surface area contributed by atoms with Crippen LogP contribution in [0.2, 0.25) is 0 Å². The van der Waals surface area contributed by atoms with Crippen molar-refractivity contribution in [1.82, 2.24) is 0 Å². The summed E-state index contributed by atoms with van der Waals surface area (Å²) < 4.78 is 33.6. The number of hydrogen-bond donors (Lipinski definition) is 0. The molecule has 0 bridgehead atoms. The van der Waals surface area contributed by atoms with Crippen molar-refractivity contribution in [3.05, 3.63) is 93.0 Å². The van der Waals surface area contributed by atoms with Crippen molar-refractivity contribution < 1.29 is 37.7 Å². The largest absolute Gasteiger partial charge is 0.496 e. The van der Waals surface area contributed by atoms with Crippen LogP contribution < -0.4 is 29.1 Å². The van der Waals surface area contributed by atoms with Crippen molar-refractivity contribution >= 4 is 28.8 Å². The molecule has 2 aliphatic rings. The number of hydrogen-bond acceptors (Lipinski definition) is 9. The number of ether oxygens (including phenoxy) is 5. The molecule has 0 fully saturated rings. The lowest BCUT2D eigenvalue weighted by molar-refractivity contribution is -0.135. The van der Waals surface area contributed by atoms with Gasteiger partial charge in [-0.25, -0.2) is 0 Å². The molecular formula is C30H22O9. The van der Waals surface area contributed by atoms with Gasteiger partial charge in [-0.05, 0) is 36.4 Å². The fourth-order valence-electron chi connectivity index (χ4n) is 5.01. The Morgan fingerprint density at radius 3 is 2.38 bits per heavy atom. The predicted octanol–water partition coefficient (Wildman–Crippen LogP) is 4.88. The lowest BCUT2D eigenvalue weighted by Crippen LogP contribution is -2.25. The fourth-order valence-corrected chi connectivity index (χ4v) is 5.01. The van der Waals surface area contributed by atoms with Crippen LogP contribution >= 0.6 is 0 Å². The van der Waals surface area contributed by atoms with Crippen LogP contribution in [0.1, 0.15) is 39.4 Å². The van der Waals surface area contributed by atoms with Gasteiger partial charge in [-0.1, -0.05) is 12.1 Å². The number of methoxy groups -OCH3 is 3. The minimum atomic E-state index is -0.736. The van der Waals surface area contributed by atoms with Crippen LogP contribution in [-0.4, -0.2) is 33.1 Å². The maximum Gasteiger partial charge on any atom is 0.312 e. The molecule has 0 radical (unpaired) electrons. The summed E-state index contributed by atoms with van der Waals surface area (Å²) in [6, 6.07) is 13.3. The second-order valence-electron chi connectivity index (χ2n) is 8.99. The van der Waals surface area contributed by atoms with Crippen LogP contribution in [-0.2, 0) is 4.79 Å². The average molecular weight is 526 g/mol. The Kier molecular flexibility index (Phi) is 5.83. The summed E-state index contributed by atoms with van der Waals surface area (Å²) in [4.78, 5) is 39.4. The molecule has 4 aromatic rings. The van der Waals surface area contributed by atoms with Crippen molar-refractivity contribution in [3.63, 3.8) is 0 Å². The monoisotopic (exact) mass is 526 g/mol. The van der Waals surface area contributed by atoms with Crippen LogP contribution in [0.4, 0.5) is 0 Å². The van der Waals surface area contributed by atoms with Gasteiger partial charge >= 0.3 is 5.97 Å². The van der Waals surface area contributed by atoms with E-state index in [-0.39, 0.29) is 46.0 Å². The molecule has 0 aliphatic carbocycles. The van der Waals surface area contributed by atoms with Crippen molar-refractivity contribution in [2.75, 3.05) is 21.3 Å². The average Bonchev–Trinajstić information content (AvgIpc) is 3.27. The molecule has 0 spiro atoms. The number of para-hydroxylation sites is 1. The first-order valence-electron chi connectivity index (χ1n) is 12.1. The Morgan fingerprint density at radius 1 is 0.872 bits per heavy atom. The minimum absolute atomic E-state index is 0.0325. The Morgan fingerprint density at radius 2 is 1.62 bits per heavy atom. The zero-order valence-electron chi connectivity index (χ0n) is 21.2. The molecule has 196 valence electrons. The normalized spacial score (nSPS) is 16.9. The van der Waals surface area contributed by atoms with E-state index in [1.807, 2.05) is 0 Å². The van der Waals surface area contributed by atoms with Crippen molar-refractivity contribution in [1.29, 1.82) is 0 Å². The summed E-state index contributed by atoms with van der Waals surface area (Å²) in [5.74, 6) is 0.224. The summed E-state index contributed by atoms with van der Waals surface area (Å²) in [7, 11) is 4.52. The van der Waals surface area contributed by atoms with Gasteiger partial charge in [-0.2, -0.15) is 0 Å². The van der Waals surface area contributed by atoms with E-state index in [0.717, 1.165) is 0 Å². The summed E-state index contributed by atoms with van der Waals surface area (Å²) >= 11 is 0. The van der Waals surface area contributed by atoms with Gasteiger partial charge in [0, 0.05) is 28.7 Å². The van der Waals surface area contributed by atoms with E-state index in [1.165, 1.54) is 27.6 Å². The maximum absolute atomic E-state index is 13.4. The molecular weight excluding hydrogens is 504 g/mol. The van der Waals surface area contributed by atoms with E-state index >= 15 is 0 Å². The number of esters is 1. The molecule has 2 aliphatic heterocycles. The Hall–Kier alpha value is -5.05. The lowest BCUT2D eigenvalue weighted by atomic mass is 9.85. The number of allylic oxidation sites excluding steroid dienone is 1. The molecule has 1 aromatic heterocycles. The van der Waals surface area contributed by atoms with E-state index in [2.05, 4.69) is 0 Å². The van der Waals surface area contributed by atoms with Gasteiger partial charge in [-0.3, -0.25) is 14.4 Å². The first kappa shape index (κ1) is 24.3. The summed E-state index contributed by atoms with van der Waals surface area (Å²) in [5.41, 5.74) is 1.69. The van der Waals surface area contributed by atoms with E-state index in [4.69, 9.17) is 28.1 Å². The quantitative estimate of drug-likeness (QED) is 0.204. The van der Waals surface area contributed by atoms with E-state index in [9.17, 15) is 14.4 Å². The number of rotatable bonds is 5. The molecule has 1 unspecified atom stereocenters. The van der Waals surface area contributed by atoms with Gasteiger partial charge in [0.15, 0.2) is 22.7 Å². The fraction of sp³-hybridized carbons (Fsp3) is 0.167. The van der Waals surface area contributed by atoms with Crippen LogP contribution in [0.3, 0.4) is 0 Å². The van der Waals surface area contributed by atoms with E-state index in [0.29, 0.717) is 39.3 Å². The zero-order valence-corrected chi connectivity index (χ0v) is 21.2. The number of carbonyl (C=O) groups is 2. The van der Waals surface area contributed by atoms with Gasteiger partial charge in [0.2, 0.25) is 5.78 Å². The highest BCUT2D eigenvalue weighted by atomic mass is 16.5. The lowest BCUT2D eigenvalue weighted by Gasteiger charge is -2.25. The molecule has 1 atom stereocenters. The van der Waals surface area contributed by atoms with E-state index < -0.39 is 11.9 Å². The standard InChI is InChI=1S/C30H22O9/c1-34-22-13-24(36-3)23(35-2)10-15(22)11-25-29(33)17-8-9-21-27(30(17)39-25)18(12-26(31)38-21)19-14-37-20-7-5-4-6-16(20)28(19)32/h4-11,13-14,18H,12H2,1-3H3/b25-11-. The highest BCUT2D eigenvalue weighted by Gasteiger charge is 2.39. The van der Waals surface area contributed by atoms with Crippen molar-refractivity contribution in [2.24, 2.45) is 0 Å². The number of ketones is 1. The molecule has 0 N–H and O–H groups in total. The van der Waals surface area contributed by atoms with Gasteiger partial charge in [0.25, 0.3) is 0 Å². The molecule has 0 amide bonds. The van der Waals surface area contributed by atoms with Crippen LogP contribution in [0.25, 0.3) is 17.0 Å². The van der Waals surface area contributed by atoms with Gasteiger partial charge < -0.3 is 28.1 Å². The second-order valence-corrected chi connectivity index (χ2v) is 8.99. The Bertz CT molecular complexity index is 1760. The van der Waals surface area contributed by atoms with Gasteiger partial charge in [0.05, 0.1) is 45.0 Å². The second kappa shape index (κ2) is 9.36. The van der Waals surface area contributed by atoms with Crippen molar-refractivity contribution in [3.8, 4) is 28.7 Å². The maximum atomic E-state index is 13.4. The minimum Gasteiger partial charge on any atom is -0.496 e. The predicted molar refractivity (Wildman–Crippen MR) is 140 cm³/mol. The van der Waals surface area contributed by atoms with E-state index in [1.54, 1.807) is 54.6 Å². The third-order valence-corrected chi connectivity index (χ3v) is 6.88. The SMILES string of the molecule is COc1cc(OC)c(OC)cc1/C=C1\Oc2c(ccc3c2C(c2coc4ccccc4c2=O)CC(=O)O3)C1=O. The van der Waals surface area contributed by atoms with Gasteiger partial charge in [-0.15, -0.1) is 0 Å². The van der Waals surface area contributed by atoms with Gasteiger partial charge in [0.1, 0.15) is 22.8 Å². The number of benzene rings is 3.